The van der Waals surface area contributed by atoms with Gasteiger partial charge in [-0.15, -0.1) is 11.3 Å². The number of aliphatic carboxylic acids is 1. The number of carboxylic acids is 1. The van der Waals surface area contributed by atoms with Crippen LogP contribution in [0.25, 0.3) is 0 Å². The van der Waals surface area contributed by atoms with Crippen molar-refractivity contribution in [1.82, 2.24) is 4.98 Å². The molecular weight excluding hydrogens is 340 g/mol. The molecular formula is C18H22N2O4S. The van der Waals surface area contributed by atoms with Gasteiger partial charge in [0.25, 0.3) is 5.91 Å². The molecule has 1 heterocycles. The average molecular weight is 362 g/mol. The molecule has 1 N–H and O–H groups in total. The van der Waals surface area contributed by atoms with Crippen LogP contribution in [0.3, 0.4) is 0 Å². The molecule has 0 bridgehead atoms. The van der Waals surface area contributed by atoms with Crippen molar-refractivity contribution >= 4 is 28.9 Å². The molecule has 25 heavy (non-hydrogen) atoms. The first kappa shape index (κ1) is 18.9. The lowest BCUT2D eigenvalue weighted by atomic mass is 9.98. The van der Waals surface area contributed by atoms with Gasteiger partial charge in [0.05, 0.1) is 10.7 Å². The number of hydrogen-bond donors (Lipinski definition) is 1. The standard InChI is InChI=1S/C18H22N2O4S/c1-11-15(25-17(19-11)18(2,3)4)16(23)20(5)12-6-8-13(9-7-12)24-10-14(21)22/h6-9H,10H2,1-5H3,(H,21,22). The predicted molar refractivity (Wildman–Crippen MR) is 97.9 cm³/mol. The van der Waals surface area contributed by atoms with Crippen LogP contribution >= 0.6 is 11.3 Å². The molecule has 0 unspecified atom stereocenters. The molecule has 1 aromatic carbocycles. The number of amides is 1. The second-order valence-electron chi connectivity index (χ2n) is 6.72. The van der Waals surface area contributed by atoms with E-state index in [1.54, 1.807) is 36.2 Å². The molecule has 0 saturated heterocycles. The van der Waals surface area contributed by atoms with Crippen molar-refractivity contribution in [1.29, 1.82) is 0 Å². The highest BCUT2D eigenvalue weighted by molar-refractivity contribution is 7.14. The number of thiazole rings is 1. The maximum atomic E-state index is 12.8. The van der Waals surface area contributed by atoms with E-state index in [4.69, 9.17) is 9.84 Å². The van der Waals surface area contributed by atoms with E-state index in [9.17, 15) is 9.59 Å². The third-order valence-electron chi connectivity index (χ3n) is 3.52. The zero-order valence-corrected chi connectivity index (χ0v) is 15.8. The van der Waals surface area contributed by atoms with E-state index in [2.05, 4.69) is 25.8 Å². The van der Waals surface area contributed by atoms with Gasteiger partial charge in [0.2, 0.25) is 0 Å². The number of rotatable bonds is 5. The maximum absolute atomic E-state index is 12.8. The number of aryl methyl sites for hydroxylation is 1. The summed E-state index contributed by atoms with van der Waals surface area (Å²) in [7, 11) is 1.70. The van der Waals surface area contributed by atoms with E-state index in [1.165, 1.54) is 11.3 Å². The average Bonchev–Trinajstić information content (AvgIpc) is 2.94. The third-order valence-corrected chi connectivity index (χ3v) is 5.09. The minimum absolute atomic E-state index is 0.102. The largest absolute Gasteiger partial charge is 0.482 e. The summed E-state index contributed by atoms with van der Waals surface area (Å²) in [4.78, 5) is 30.0. The van der Waals surface area contributed by atoms with Crippen LogP contribution < -0.4 is 9.64 Å². The number of anilines is 1. The van der Waals surface area contributed by atoms with Gasteiger partial charge in [0.15, 0.2) is 6.61 Å². The number of carbonyl (C=O) groups is 2. The van der Waals surface area contributed by atoms with E-state index in [1.807, 2.05) is 6.92 Å². The summed E-state index contributed by atoms with van der Waals surface area (Å²) in [6, 6.07) is 6.72. The smallest absolute Gasteiger partial charge is 0.341 e. The summed E-state index contributed by atoms with van der Waals surface area (Å²) < 4.78 is 5.10. The second-order valence-corrected chi connectivity index (χ2v) is 7.72. The Hall–Kier alpha value is -2.41. The molecule has 0 fully saturated rings. The molecule has 2 rings (SSSR count). The molecule has 6 nitrogen and oxygen atoms in total. The predicted octanol–water partition coefficient (Wildman–Crippen LogP) is 3.49. The van der Waals surface area contributed by atoms with Gasteiger partial charge in [0.1, 0.15) is 10.6 Å². The lowest BCUT2D eigenvalue weighted by Crippen LogP contribution is -2.26. The number of hydrogen-bond acceptors (Lipinski definition) is 5. The number of carbonyl (C=O) groups excluding carboxylic acids is 1. The number of aromatic nitrogens is 1. The van der Waals surface area contributed by atoms with E-state index < -0.39 is 12.6 Å². The molecule has 0 aliphatic rings. The Balaban J connectivity index is 2.17. The molecule has 0 spiro atoms. The third kappa shape index (κ3) is 4.57. The van der Waals surface area contributed by atoms with Crippen LogP contribution in [0.1, 0.15) is 41.1 Å². The molecule has 2 aromatic rings. The fourth-order valence-electron chi connectivity index (χ4n) is 2.10. The normalized spacial score (nSPS) is 11.2. The van der Waals surface area contributed by atoms with Crippen LogP contribution in [0.4, 0.5) is 5.69 Å². The lowest BCUT2D eigenvalue weighted by molar-refractivity contribution is -0.139. The van der Waals surface area contributed by atoms with Crippen molar-refractivity contribution in [3.63, 3.8) is 0 Å². The summed E-state index contributed by atoms with van der Waals surface area (Å²) >= 11 is 1.42. The van der Waals surface area contributed by atoms with Crippen molar-refractivity contribution in [2.45, 2.75) is 33.1 Å². The van der Waals surface area contributed by atoms with E-state index in [0.29, 0.717) is 16.3 Å². The van der Waals surface area contributed by atoms with Crippen molar-refractivity contribution in [3.8, 4) is 5.75 Å². The summed E-state index contributed by atoms with van der Waals surface area (Å²) in [5, 5.41) is 9.55. The highest BCUT2D eigenvalue weighted by Crippen LogP contribution is 2.30. The number of nitrogens with zero attached hydrogens (tertiary/aromatic N) is 2. The molecule has 0 saturated carbocycles. The van der Waals surface area contributed by atoms with Gasteiger partial charge in [-0.3, -0.25) is 4.79 Å². The highest BCUT2D eigenvalue weighted by Gasteiger charge is 2.25. The molecule has 134 valence electrons. The topological polar surface area (TPSA) is 79.7 Å². The fourth-order valence-corrected chi connectivity index (χ4v) is 3.20. The lowest BCUT2D eigenvalue weighted by Gasteiger charge is -2.17. The van der Waals surface area contributed by atoms with Gasteiger partial charge < -0.3 is 14.7 Å². The first-order chi connectivity index (χ1) is 11.6. The van der Waals surface area contributed by atoms with E-state index >= 15 is 0 Å². The number of carboxylic acid groups (broad SMARTS) is 1. The Morgan fingerprint density at radius 3 is 2.32 bits per heavy atom. The van der Waals surface area contributed by atoms with E-state index in [-0.39, 0.29) is 11.3 Å². The van der Waals surface area contributed by atoms with Crippen LogP contribution in [0.15, 0.2) is 24.3 Å². The fraction of sp³-hybridized carbons (Fsp3) is 0.389. The molecule has 1 amide bonds. The Morgan fingerprint density at radius 2 is 1.84 bits per heavy atom. The van der Waals surface area contributed by atoms with Gasteiger partial charge in [-0.1, -0.05) is 20.8 Å². The first-order valence-electron chi connectivity index (χ1n) is 7.80. The quantitative estimate of drug-likeness (QED) is 0.881. The second kappa shape index (κ2) is 7.23. The van der Waals surface area contributed by atoms with Crippen molar-refractivity contribution in [3.05, 3.63) is 39.8 Å². The number of benzene rings is 1. The van der Waals surface area contributed by atoms with Crippen molar-refractivity contribution < 1.29 is 19.4 Å². The highest BCUT2D eigenvalue weighted by atomic mass is 32.1. The van der Waals surface area contributed by atoms with Gasteiger partial charge in [0, 0.05) is 18.2 Å². The van der Waals surface area contributed by atoms with Crippen LogP contribution in [0, 0.1) is 6.92 Å². The van der Waals surface area contributed by atoms with Gasteiger partial charge in [-0.2, -0.15) is 0 Å². The van der Waals surface area contributed by atoms with Crippen molar-refractivity contribution in [2.24, 2.45) is 0 Å². The monoisotopic (exact) mass is 362 g/mol. The zero-order valence-electron chi connectivity index (χ0n) is 15.0. The SMILES string of the molecule is Cc1nc(C(C)(C)C)sc1C(=O)N(C)c1ccc(OCC(=O)O)cc1. The molecule has 0 aliphatic carbocycles. The molecule has 1 aromatic heterocycles. The summed E-state index contributed by atoms with van der Waals surface area (Å²) in [6.45, 7) is 7.65. The molecule has 7 heteroatoms. The van der Waals surface area contributed by atoms with Crippen LogP contribution in [0.2, 0.25) is 0 Å². The minimum Gasteiger partial charge on any atom is -0.482 e. The Labute approximate surface area is 151 Å². The maximum Gasteiger partial charge on any atom is 0.341 e. The van der Waals surface area contributed by atoms with Gasteiger partial charge in [-0.25, -0.2) is 9.78 Å². The summed E-state index contributed by atoms with van der Waals surface area (Å²) in [6.07, 6.45) is 0. The first-order valence-corrected chi connectivity index (χ1v) is 8.62. The Morgan fingerprint density at radius 1 is 1.24 bits per heavy atom. The minimum atomic E-state index is -1.04. The summed E-state index contributed by atoms with van der Waals surface area (Å²) in [5.74, 6) is -0.715. The van der Waals surface area contributed by atoms with Crippen LogP contribution in [-0.4, -0.2) is 35.6 Å². The number of ether oxygens (including phenoxy) is 1. The Bertz CT molecular complexity index is 775. The zero-order chi connectivity index (χ0) is 18.8. The van der Waals surface area contributed by atoms with Crippen LogP contribution in [-0.2, 0) is 10.2 Å². The van der Waals surface area contributed by atoms with Gasteiger partial charge in [-0.05, 0) is 31.2 Å². The van der Waals surface area contributed by atoms with E-state index in [0.717, 1.165) is 10.7 Å². The molecule has 0 aliphatic heterocycles. The van der Waals surface area contributed by atoms with Crippen LogP contribution in [0.5, 0.6) is 5.75 Å². The Kier molecular flexibility index (Phi) is 5.47. The molecule has 0 atom stereocenters. The van der Waals surface area contributed by atoms with Gasteiger partial charge >= 0.3 is 5.97 Å². The van der Waals surface area contributed by atoms with Crippen molar-refractivity contribution in [2.75, 3.05) is 18.6 Å². The summed E-state index contributed by atoms with van der Waals surface area (Å²) in [5.41, 5.74) is 1.32. The molecule has 0 radical (unpaired) electrons.